The van der Waals surface area contributed by atoms with Crippen molar-refractivity contribution in [2.45, 2.75) is 38.5 Å². The van der Waals surface area contributed by atoms with E-state index in [1.54, 1.807) is 24.3 Å². The van der Waals surface area contributed by atoms with Crippen molar-refractivity contribution in [1.82, 2.24) is 10.2 Å². The highest BCUT2D eigenvalue weighted by Crippen LogP contribution is 2.15. The van der Waals surface area contributed by atoms with Gasteiger partial charge in [-0.3, -0.25) is 9.59 Å². The van der Waals surface area contributed by atoms with Crippen molar-refractivity contribution in [3.05, 3.63) is 29.8 Å². The SMILES string of the molecule is O=C(O)CCCNC(=O)Nc1ccc(C(=O)N2CCCCCC2)cc1. The third kappa shape index (κ3) is 6.45. The van der Waals surface area contributed by atoms with Gasteiger partial charge in [-0.25, -0.2) is 4.79 Å². The molecule has 0 bridgehead atoms. The summed E-state index contributed by atoms with van der Waals surface area (Å²) >= 11 is 0. The molecule has 3 N–H and O–H groups in total. The monoisotopic (exact) mass is 347 g/mol. The van der Waals surface area contributed by atoms with Crippen molar-refractivity contribution >= 4 is 23.6 Å². The van der Waals surface area contributed by atoms with Crippen LogP contribution in [0.15, 0.2) is 24.3 Å². The Morgan fingerprint density at radius 1 is 1.00 bits per heavy atom. The number of amides is 3. The number of anilines is 1. The van der Waals surface area contributed by atoms with Crippen LogP contribution in [0.2, 0.25) is 0 Å². The molecule has 0 unspecified atom stereocenters. The van der Waals surface area contributed by atoms with Gasteiger partial charge in [-0.1, -0.05) is 12.8 Å². The first kappa shape index (κ1) is 18.8. The highest BCUT2D eigenvalue weighted by atomic mass is 16.4. The molecule has 1 fully saturated rings. The van der Waals surface area contributed by atoms with E-state index in [4.69, 9.17) is 5.11 Å². The minimum absolute atomic E-state index is 0.0214. The Labute approximate surface area is 147 Å². The van der Waals surface area contributed by atoms with Crippen molar-refractivity contribution in [1.29, 1.82) is 0 Å². The second-order valence-electron chi connectivity index (χ2n) is 6.16. The van der Waals surface area contributed by atoms with Gasteiger partial charge in [0.15, 0.2) is 0 Å². The molecule has 1 aliphatic rings. The van der Waals surface area contributed by atoms with Gasteiger partial charge in [0.1, 0.15) is 0 Å². The number of hydrogen-bond donors (Lipinski definition) is 3. The van der Waals surface area contributed by atoms with Crippen LogP contribution in [0.3, 0.4) is 0 Å². The van der Waals surface area contributed by atoms with Gasteiger partial charge in [-0.2, -0.15) is 0 Å². The first-order valence-corrected chi connectivity index (χ1v) is 8.72. The summed E-state index contributed by atoms with van der Waals surface area (Å²) in [6.07, 6.45) is 4.85. The number of nitrogens with zero attached hydrogens (tertiary/aromatic N) is 1. The van der Waals surface area contributed by atoms with Crippen molar-refractivity contribution in [3.8, 4) is 0 Å². The highest BCUT2D eigenvalue weighted by molar-refractivity contribution is 5.95. The van der Waals surface area contributed by atoms with E-state index in [9.17, 15) is 14.4 Å². The first-order chi connectivity index (χ1) is 12.1. The normalized spacial score (nSPS) is 14.5. The lowest BCUT2D eigenvalue weighted by atomic mass is 10.1. The minimum atomic E-state index is -0.883. The zero-order valence-electron chi connectivity index (χ0n) is 14.3. The summed E-state index contributed by atoms with van der Waals surface area (Å²) in [5.41, 5.74) is 1.21. The van der Waals surface area contributed by atoms with Crippen LogP contribution in [0.4, 0.5) is 10.5 Å². The summed E-state index contributed by atoms with van der Waals surface area (Å²) in [5, 5.41) is 13.8. The van der Waals surface area contributed by atoms with E-state index in [1.165, 1.54) is 12.8 Å². The number of carbonyl (C=O) groups is 3. The number of hydrogen-bond acceptors (Lipinski definition) is 3. The third-order valence-corrected chi connectivity index (χ3v) is 4.14. The van der Waals surface area contributed by atoms with Gasteiger partial charge in [0.25, 0.3) is 5.91 Å². The average molecular weight is 347 g/mol. The fourth-order valence-electron chi connectivity index (χ4n) is 2.77. The number of urea groups is 1. The minimum Gasteiger partial charge on any atom is -0.481 e. The van der Waals surface area contributed by atoms with E-state index < -0.39 is 12.0 Å². The van der Waals surface area contributed by atoms with Gasteiger partial charge in [0.2, 0.25) is 0 Å². The molecule has 1 heterocycles. The molecular formula is C18H25N3O4. The molecule has 7 heteroatoms. The number of carboxylic acid groups (broad SMARTS) is 1. The average Bonchev–Trinajstić information content (AvgIpc) is 2.88. The Morgan fingerprint density at radius 2 is 1.64 bits per heavy atom. The zero-order valence-corrected chi connectivity index (χ0v) is 14.3. The topological polar surface area (TPSA) is 98.7 Å². The molecule has 0 saturated carbocycles. The molecule has 2 rings (SSSR count). The molecule has 1 aliphatic heterocycles. The number of carbonyl (C=O) groups excluding carboxylic acids is 2. The van der Waals surface area contributed by atoms with E-state index in [0.29, 0.717) is 24.2 Å². The molecule has 7 nitrogen and oxygen atoms in total. The number of benzene rings is 1. The van der Waals surface area contributed by atoms with E-state index in [1.807, 2.05) is 4.90 Å². The lowest BCUT2D eigenvalue weighted by Crippen LogP contribution is -2.32. The van der Waals surface area contributed by atoms with Crippen LogP contribution in [0, 0.1) is 0 Å². The van der Waals surface area contributed by atoms with Crippen LogP contribution in [0.25, 0.3) is 0 Å². The fraction of sp³-hybridized carbons (Fsp3) is 0.500. The second-order valence-corrected chi connectivity index (χ2v) is 6.16. The van der Waals surface area contributed by atoms with Gasteiger partial charge < -0.3 is 20.6 Å². The maximum atomic E-state index is 12.5. The Balaban J connectivity index is 1.81. The van der Waals surface area contributed by atoms with Crippen LogP contribution in [-0.4, -0.2) is 47.5 Å². The van der Waals surface area contributed by atoms with Crippen LogP contribution in [-0.2, 0) is 4.79 Å². The Morgan fingerprint density at radius 3 is 2.24 bits per heavy atom. The third-order valence-electron chi connectivity index (χ3n) is 4.14. The van der Waals surface area contributed by atoms with Crippen LogP contribution >= 0.6 is 0 Å². The highest BCUT2D eigenvalue weighted by Gasteiger charge is 2.17. The molecule has 0 spiro atoms. The number of rotatable bonds is 6. The summed E-state index contributed by atoms with van der Waals surface area (Å²) in [4.78, 5) is 36.5. The number of likely N-dealkylation sites (tertiary alicyclic amines) is 1. The van der Waals surface area contributed by atoms with Gasteiger partial charge in [0, 0.05) is 37.3 Å². The molecular weight excluding hydrogens is 322 g/mol. The molecule has 3 amide bonds. The van der Waals surface area contributed by atoms with E-state index >= 15 is 0 Å². The standard InChI is InChI=1S/C18H25N3O4/c22-16(23)6-5-11-19-18(25)20-15-9-7-14(8-10-15)17(24)21-12-3-1-2-4-13-21/h7-10H,1-6,11-13H2,(H,22,23)(H2,19,20,25). The number of aliphatic carboxylic acids is 1. The molecule has 0 aromatic heterocycles. The van der Waals surface area contributed by atoms with Crippen LogP contribution in [0.1, 0.15) is 48.9 Å². The molecule has 136 valence electrons. The lowest BCUT2D eigenvalue weighted by molar-refractivity contribution is -0.137. The predicted octanol–water partition coefficient (Wildman–Crippen LogP) is 2.69. The summed E-state index contributed by atoms with van der Waals surface area (Å²) in [5.74, 6) is -0.849. The Bertz CT molecular complexity index is 593. The quantitative estimate of drug-likeness (QED) is 0.689. The lowest BCUT2D eigenvalue weighted by Gasteiger charge is -2.20. The summed E-state index contributed by atoms with van der Waals surface area (Å²) in [6, 6.07) is 6.43. The van der Waals surface area contributed by atoms with E-state index in [2.05, 4.69) is 10.6 Å². The molecule has 0 aliphatic carbocycles. The fourth-order valence-corrected chi connectivity index (χ4v) is 2.77. The molecule has 1 aromatic carbocycles. The van der Waals surface area contributed by atoms with Gasteiger partial charge in [0.05, 0.1) is 0 Å². The van der Waals surface area contributed by atoms with E-state index in [-0.39, 0.29) is 12.3 Å². The van der Waals surface area contributed by atoms with Crippen molar-refractivity contribution < 1.29 is 19.5 Å². The smallest absolute Gasteiger partial charge is 0.319 e. The Hall–Kier alpha value is -2.57. The first-order valence-electron chi connectivity index (χ1n) is 8.72. The van der Waals surface area contributed by atoms with Crippen molar-refractivity contribution in [3.63, 3.8) is 0 Å². The van der Waals surface area contributed by atoms with E-state index in [0.717, 1.165) is 25.9 Å². The van der Waals surface area contributed by atoms with Gasteiger partial charge in [-0.05, 0) is 43.5 Å². The Kier molecular flexibility index (Phi) is 7.25. The maximum Gasteiger partial charge on any atom is 0.319 e. The molecule has 0 radical (unpaired) electrons. The second kappa shape index (κ2) is 9.66. The van der Waals surface area contributed by atoms with Crippen LogP contribution < -0.4 is 10.6 Å². The van der Waals surface area contributed by atoms with Crippen molar-refractivity contribution in [2.75, 3.05) is 25.0 Å². The summed E-state index contributed by atoms with van der Waals surface area (Å²) in [7, 11) is 0. The number of nitrogens with one attached hydrogen (secondary N) is 2. The largest absolute Gasteiger partial charge is 0.481 e. The predicted molar refractivity (Wildman–Crippen MR) is 94.7 cm³/mol. The van der Waals surface area contributed by atoms with Crippen LogP contribution in [0.5, 0.6) is 0 Å². The maximum absolute atomic E-state index is 12.5. The van der Waals surface area contributed by atoms with Gasteiger partial charge >= 0.3 is 12.0 Å². The molecule has 25 heavy (non-hydrogen) atoms. The number of carboxylic acids is 1. The zero-order chi connectivity index (χ0) is 18.1. The van der Waals surface area contributed by atoms with Crippen molar-refractivity contribution in [2.24, 2.45) is 0 Å². The summed E-state index contributed by atoms with van der Waals surface area (Å²) < 4.78 is 0. The molecule has 1 aromatic rings. The molecule has 0 atom stereocenters. The molecule has 1 saturated heterocycles. The van der Waals surface area contributed by atoms with Gasteiger partial charge in [-0.15, -0.1) is 0 Å². The summed E-state index contributed by atoms with van der Waals surface area (Å²) in [6.45, 7) is 1.90.